The van der Waals surface area contributed by atoms with Gasteiger partial charge in [0.2, 0.25) is 5.91 Å². The maximum Gasteiger partial charge on any atom is 0.227 e. The topological polar surface area (TPSA) is 75.9 Å². The zero-order valence-electron chi connectivity index (χ0n) is 15.9. The third kappa shape index (κ3) is 4.82. The van der Waals surface area contributed by atoms with Crippen LogP contribution in [0.3, 0.4) is 0 Å². The molecular weight excluding hydrogens is 372 g/mol. The van der Waals surface area contributed by atoms with Gasteiger partial charge < -0.3 is 5.32 Å². The van der Waals surface area contributed by atoms with E-state index in [-0.39, 0.29) is 11.8 Å². The molecule has 4 heterocycles. The van der Waals surface area contributed by atoms with Crippen LogP contribution in [0.15, 0.2) is 42.3 Å². The van der Waals surface area contributed by atoms with Crippen LogP contribution in [-0.4, -0.2) is 43.6 Å². The zero-order valence-corrected chi connectivity index (χ0v) is 16.7. The molecule has 0 aromatic carbocycles. The summed E-state index contributed by atoms with van der Waals surface area (Å²) in [6.45, 7) is 5.42. The number of pyridine rings is 1. The summed E-state index contributed by atoms with van der Waals surface area (Å²) in [6.07, 6.45) is 8.87. The number of aromatic nitrogens is 4. The van der Waals surface area contributed by atoms with Crippen molar-refractivity contribution in [3.63, 3.8) is 0 Å². The lowest BCUT2D eigenvalue weighted by atomic mass is 9.96. The second-order valence-electron chi connectivity index (χ2n) is 7.18. The molecule has 0 unspecified atom stereocenters. The predicted molar refractivity (Wildman–Crippen MR) is 109 cm³/mol. The first-order valence-corrected chi connectivity index (χ1v) is 10.4. The molecule has 1 amide bonds. The summed E-state index contributed by atoms with van der Waals surface area (Å²) in [4.78, 5) is 23.5. The van der Waals surface area contributed by atoms with Gasteiger partial charge in [0.05, 0.1) is 29.1 Å². The van der Waals surface area contributed by atoms with Crippen LogP contribution in [-0.2, 0) is 17.9 Å². The summed E-state index contributed by atoms with van der Waals surface area (Å²) in [5, 5.41) is 10.6. The number of nitrogens with one attached hydrogen (secondary N) is 1. The van der Waals surface area contributed by atoms with E-state index in [9.17, 15) is 4.79 Å². The zero-order chi connectivity index (χ0) is 19.3. The molecule has 0 saturated carbocycles. The molecule has 0 bridgehead atoms. The highest BCUT2D eigenvalue weighted by atomic mass is 32.1. The molecule has 3 aromatic rings. The number of hydrogen-bond acceptors (Lipinski definition) is 6. The molecule has 1 aliphatic rings. The number of nitrogens with zero attached hydrogens (tertiary/aromatic N) is 5. The van der Waals surface area contributed by atoms with Gasteiger partial charge in [-0.1, -0.05) is 0 Å². The van der Waals surface area contributed by atoms with Crippen LogP contribution in [0.2, 0.25) is 0 Å². The Labute approximate surface area is 168 Å². The number of anilines is 1. The van der Waals surface area contributed by atoms with Gasteiger partial charge in [-0.15, -0.1) is 11.3 Å². The highest BCUT2D eigenvalue weighted by Gasteiger charge is 2.25. The third-order valence-electron chi connectivity index (χ3n) is 5.01. The minimum absolute atomic E-state index is 0.0527. The monoisotopic (exact) mass is 396 g/mol. The standard InChI is InChI=1S/C20H24N6OS/c1-15-23-19(14-28-15)12-25-8-4-17(5-9-25)20(27)24-18-10-22-26(13-18)11-16-2-6-21-7-3-16/h2-3,6-7,10,13-14,17H,4-5,8-9,11-12H2,1H3,(H,24,27). The van der Waals surface area contributed by atoms with E-state index in [2.05, 4.69) is 30.7 Å². The van der Waals surface area contributed by atoms with Crippen molar-refractivity contribution in [2.45, 2.75) is 32.9 Å². The molecule has 8 heteroatoms. The van der Waals surface area contributed by atoms with Crippen molar-refractivity contribution in [1.29, 1.82) is 0 Å². The van der Waals surface area contributed by atoms with Crippen LogP contribution in [0.1, 0.15) is 29.1 Å². The minimum atomic E-state index is 0.0527. The normalized spacial score (nSPS) is 15.6. The molecule has 1 fully saturated rings. The number of aryl methyl sites for hydroxylation is 1. The van der Waals surface area contributed by atoms with E-state index in [1.807, 2.05) is 29.9 Å². The number of amides is 1. The molecule has 0 atom stereocenters. The number of likely N-dealkylation sites (tertiary alicyclic amines) is 1. The molecule has 1 aliphatic heterocycles. The minimum Gasteiger partial charge on any atom is -0.323 e. The molecular formula is C20H24N6OS. The largest absolute Gasteiger partial charge is 0.323 e. The first-order valence-electron chi connectivity index (χ1n) is 9.51. The second-order valence-corrected chi connectivity index (χ2v) is 8.24. The summed E-state index contributed by atoms with van der Waals surface area (Å²) in [5.74, 6) is 0.143. The summed E-state index contributed by atoms with van der Waals surface area (Å²) < 4.78 is 1.82. The van der Waals surface area contributed by atoms with E-state index in [1.165, 1.54) is 0 Å². The van der Waals surface area contributed by atoms with Crippen molar-refractivity contribution < 1.29 is 4.79 Å². The molecule has 3 aromatic heterocycles. The van der Waals surface area contributed by atoms with Crippen molar-refractivity contribution in [1.82, 2.24) is 24.6 Å². The number of hydrogen-bond donors (Lipinski definition) is 1. The van der Waals surface area contributed by atoms with E-state index in [0.717, 1.165) is 54.4 Å². The molecule has 0 aliphatic carbocycles. The molecule has 0 spiro atoms. The Balaban J connectivity index is 1.25. The van der Waals surface area contributed by atoms with Crippen LogP contribution in [0.25, 0.3) is 0 Å². The summed E-state index contributed by atoms with van der Waals surface area (Å²) in [5.41, 5.74) is 3.00. The molecule has 1 saturated heterocycles. The van der Waals surface area contributed by atoms with E-state index < -0.39 is 0 Å². The molecule has 0 radical (unpaired) electrons. The fourth-order valence-corrected chi connectivity index (χ4v) is 4.10. The number of thiazole rings is 1. The third-order valence-corrected chi connectivity index (χ3v) is 5.83. The van der Waals surface area contributed by atoms with E-state index in [1.54, 1.807) is 29.9 Å². The first-order chi connectivity index (χ1) is 13.7. The SMILES string of the molecule is Cc1nc(CN2CCC(C(=O)Nc3cnn(Cc4ccncc4)c3)CC2)cs1. The van der Waals surface area contributed by atoms with Crippen LogP contribution >= 0.6 is 11.3 Å². The van der Waals surface area contributed by atoms with Crippen LogP contribution in [0.4, 0.5) is 5.69 Å². The van der Waals surface area contributed by atoms with Crippen molar-refractivity contribution in [2.24, 2.45) is 5.92 Å². The molecule has 1 N–H and O–H groups in total. The summed E-state index contributed by atoms with van der Waals surface area (Å²) in [6, 6.07) is 3.92. The van der Waals surface area contributed by atoms with Gasteiger partial charge in [0.25, 0.3) is 0 Å². The quantitative estimate of drug-likeness (QED) is 0.693. The fraction of sp³-hybridized carbons (Fsp3) is 0.400. The Kier molecular flexibility index (Phi) is 5.78. The molecule has 28 heavy (non-hydrogen) atoms. The lowest BCUT2D eigenvalue weighted by molar-refractivity contribution is -0.121. The van der Waals surface area contributed by atoms with Gasteiger partial charge in [-0.2, -0.15) is 5.10 Å². The average molecular weight is 397 g/mol. The van der Waals surface area contributed by atoms with Gasteiger partial charge in [0.15, 0.2) is 0 Å². The van der Waals surface area contributed by atoms with Gasteiger partial charge in [-0.3, -0.25) is 19.4 Å². The average Bonchev–Trinajstić information content (AvgIpc) is 3.32. The first kappa shape index (κ1) is 18.8. The molecule has 146 valence electrons. The Morgan fingerprint density at radius 3 is 2.75 bits per heavy atom. The highest BCUT2D eigenvalue weighted by Crippen LogP contribution is 2.21. The Bertz CT molecular complexity index is 914. The van der Waals surface area contributed by atoms with E-state index >= 15 is 0 Å². The summed E-state index contributed by atoms with van der Waals surface area (Å²) >= 11 is 1.69. The smallest absolute Gasteiger partial charge is 0.227 e. The summed E-state index contributed by atoms with van der Waals surface area (Å²) in [7, 11) is 0. The van der Waals surface area contributed by atoms with E-state index in [4.69, 9.17) is 0 Å². The predicted octanol–water partition coefficient (Wildman–Crippen LogP) is 2.94. The van der Waals surface area contributed by atoms with Crippen molar-refractivity contribution in [3.8, 4) is 0 Å². The van der Waals surface area contributed by atoms with Gasteiger partial charge >= 0.3 is 0 Å². The van der Waals surface area contributed by atoms with Crippen molar-refractivity contribution in [3.05, 3.63) is 58.6 Å². The Morgan fingerprint density at radius 1 is 1.25 bits per heavy atom. The van der Waals surface area contributed by atoms with Gasteiger partial charge in [0, 0.05) is 36.4 Å². The lowest BCUT2D eigenvalue weighted by Gasteiger charge is -2.30. The second kappa shape index (κ2) is 8.62. The van der Waals surface area contributed by atoms with Crippen LogP contribution < -0.4 is 5.32 Å². The van der Waals surface area contributed by atoms with Gasteiger partial charge in [-0.05, 0) is 50.6 Å². The van der Waals surface area contributed by atoms with Crippen molar-refractivity contribution >= 4 is 22.9 Å². The Morgan fingerprint density at radius 2 is 2.04 bits per heavy atom. The van der Waals surface area contributed by atoms with Gasteiger partial charge in [-0.25, -0.2) is 4.98 Å². The van der Waals surface area contributed by atoms with Crippen LogP contribution in [0, 0.1) is 12.8 Å². The van der Waals surface area contributed by atoms with Crippen molar-refractivity contribution in [2.75, 3.05) is 18.4 Å². The molecule has 7 nitrogen and oxygen atoms in total. The lowest BCUT2D eigenvalue weighted by Crippen LogP contribution is -2.37. The number of carbonyl (C=O) groups excluding carboxylic acids is 1. The molecule has 4 rings (SSSR count). The number of carbonyl (C=O) groups is 1. The van der Waals surface area contributed by atoms with Crippen LogP contribution in [0.5, 0.6) is 0 Å². The maximum atomic E-state index is 12.6. The van der Waals surface area contributed by atoms with Gasteiger partial charge in [0.1, 0.15) is 0 Å². The highest BCUT2D eigenvalue weighted by molar-refractivity contribution is 7.09. The number of piperidine rings is 1. The fourth-order valence-electron chi connectivity index (χ4n) is 3.50. The van der Waals surface area contributed by atoms with E-state index in [0.29, 0.717) is 6.54 Å². The maximum absolute atomic E-state index is 12.6. The number of rotatable bonds is 6. The Hall–Kier alpha value is -2.58.